The van der Waals surface area contributed by atoms with Gasteiger partial charge in [0.1, 0.15) is 7.11 Å². The first-order valence-corrected chi connectivity index (χ1v) is 4.49. The predicted octanol–water partition coefficient (Wildman–Crippen LogP) is 1.86. The van der Waals surface area contributed by atoms with E-state index in [1.54, 1.807) is 0 Å². The number of hydrogen-bond acceptors (Lipinski definition) is 4. The molecule has 0 saturated carbocycles. The second-order valence-corrected chi connectivity index (χ2v) is 2.87. The molecule has 0 N–H and O–H groups in total. The molecular weight excluding hydrogens is 228 g/mol. The average Bonchev–Trinajstić information content (AvgIpc) is 2.16. The lowest BCUT2D eigenvalue weighted by atomic mass is 10.1. The van der Waals surface area contributed by atoms with Crippen LogP contribution in [-0.4, -0.2) is 22.8 Å². The molecule has 0 aliphatic carbocycles. The van der Waals surface area contributed by atoms with Crippen LogP contribution in [0.3, 0.4) is 0 Å². The molecule has 0 unspecified atom stereocenters. The summed E-state index contributed by atoms with van der Waals surface area (Å²) < 4.78 is 25.9. The monoisotopic (exact) mass is 235 g/mol. The second-order valence-electron chi connectivity index (χ2n) is 2.60. The number of rotatable bonds is 3. The Kier molecular flexibility index (Phi) is 3.90. The second kappa shape index (κ2) is 4.97. The van der Waals surface area contributed by atoms with Crippen molar-refractivity contribution in [3.8, 4) is 0 Å². The van der Waals surface area contributed by atoms with Crippen LogP contribution in [0.5, 0.6) is 0 Å². The Labute approximate surface area is 89.9 Å². The number of oxime groups is 1. The van der Waals surface area contributed by atoms with Crippen molar-refractivity contribution in [2.45, 2.75) is 12.8 Å². The SMILES string of the molecule is CON=C(C)c1c(F)nc(F)nc1CCl. The third-order valence-corrected chi connectivity index (χ3v) is 1.88. The van der Waals surface area contributed by atoms with Crippen molar-refractivity contribution in [3.05, 3.63) is 23.3 Å². The van der Waals surface area contributed by atoms with Crippen LogP contribution < -0.4 is 0 Å². The Bertz CT molecular complexity index is 398. The topological polar surface area (TPSA) is 47.4 Å². The standard InChI is InChI=1S/C8H8ClF2N3O/c1-4(14-15-2)6-5(3-9)12-8(11)13-7(6)10/h3H2,1-2H3. The van der Waals surface area contributed by atoms with E-state index < -0.39 is 12.0 Å². The van der Waals surface area contributed by atoms with Gasteiger partial charge >= 0.3 is 6.08 Å². The zero-order valence-corrected chi connectivity index (χ0v) is 8.85. The van der Waals surface area contributed by atoms with E-state index in [2.05, 4.69) is 20.0 Å². The molecule has 0 bridgehead atoms. The molecule has 4 nitrogen and oxygen atoms in total. The van der Waals surface area contributed by atoms with Gasteiger partial charge in [0.05, 0.1) is 22.8 Å². The van der Waals surface area contributed by atoms with Crippen LogP contribution in [0.2, 0.25) is 0 Å². The Morgan fingerprint density at radius 2 is 2.13 bits per heavy atom. The largest absolute Gasteiger partial charge is 0.399 e. The molecule has 82 valence electrons. The van der Waals surface area contributed by atoms with Gasteiger partial charge in [-0.15, -0.1) is 11.6 Å². The fourth-order valence-corrected chi connectivity index (χ4v) is 1.28. The first-order chi connectivity index (χ1) is 7.10. The van der Waals surface area contributed by atoms with Crippen molar-refractivity contribution in [2.24, 2.45) is 5.16 Å². The van der Waals surface area contributed by atoms with Crippen LogP contribution in [0.25, 0.3) is 0 Å². The molecule has 1 heterocycles. The van der Waals surface area contributed by atoms with Gasteiger partial charge in [-0.3, -0.25) is 0 Å². The van der Waals surface area contributed by atoms with Gasteiger partial charge in [0.25, 0.3) is 0 Å². The molecule has 7 heteroatoms. The minimum Gasteiger partial charge on any atom is -0.399 e. The van der Waals surface area contributed by atoms with E-state index in [-0.39, 0.29) is 22.8 Å². The van der Waals surface area contributed by atoms with Crippen LogP contribution in [0, 0.1) is 12.0 Å². The lowest BCUT2D eigenvalue weighted by Crippen LogP contribution is -2.10. The molecule has 0 fully saturated rings. The zero-order chi connectivity index (χ0) is 11.4. The highest BCUT2D eigenvalue weighted by molar-refractivity contribution is 6.17. The summed E-state index contributed by atoms with van der Waals surface area (Å²) in [6, 6.07) is 0. The molecule has 0 spiro atoms. The number of alkyl halides is 1. The molecule has 0 amide bonds. The lowest BCUT2D eigenvalue weighted by Gasteiger charge is -2.05. The third-order valence-electron chi connectivity index (χ3n) is 1.63. The average molecular weight is 236 g/mol. The smallest absolute Gasteiger partial charge is 0.311 e. The van der Waals surface area contributed by atoms with Gasteiger partial charge in [-0.1, -0.05) is 5.16 Å². The maximum atomic E-state index is 13.3. The van der Waals surface area contributed by atoms with Gasteiger partial charge in [-0.05, 0) is 6.92 Å². The maximum absolute atomic E-state index is 13.3. The Hall–Kier alpha value is -1.30. The molecule has 0 aromatic carbocycles. The van der Waals surface area contributed by atoms with Crippen LogP contribution in [0.4, 0.5) is 8.78 Å². The zero-order valence-electron chi connectivity index (χ0n) is 8.09. The molecule has 0 radical (unpaired) electrons. The predicted molar refractivity (Wildman–Crippen MR) is 50.7 cm³/mol. The molecule has 0 saturated heterocycles. The first kappa shape index (κ1) is 11.8. The van der Waals surface area contributed by atoms with Crippen molar-refractivity contribution in [3.63, 3.8) is 0 Å². The molecule has 0 atom stereocenters. The van der Waals surface area contributed by atoms with Crippen LogP contribution in [0.1, 0.15) is 18.2 Å². The summed E-state index contributed by atoms with van der Waals surface area (Å²) in [7, 11) is 1.31. The summed E-state index contributed by atoms with van der Waals surface area (Å²) in [6.45, 7) is 1.49. The lowest BCUT2D eigenvalue weighted by molar-refractivity contribution is 0.213. The number of nitrogens with zero attached hydrogens (tertiary/aromatic N) is 3. The van der Waals surface area contributed by atoms with E-state index in [0.717, 1.165) is 0 Å². The molecule has 1 aromatic heterocycles. The van der Waals surface area contributed by atoms with Crippen molar-refractivity contribution in [1.29, 1.82) is 0 Å². The van der Waals surface area contributed by atoms with Crippen molar-refractivity contribution in [2.75, 3.05) is 7.11 Å². The summed E-state index contributed by atoms with van der Waals surface area (Å²) in [5.41, 5.74) is 0.207. The van der Waals surface area contributed by atoms with E-state index in [1.807, 2.05) is 0 Å². The summed E-state index contributed by atoms with van der Waals surface area (Å²) >= 11 is 5.50. The summed E-state index contributed by atoms with van der Waals surface area (Å²) in [5.74, 6) is -1.14. The third kappa shape index (κ3) is 2.59. The van der Waals surface area contributed by atoms with E-state index in [9.17, 15) is 8.78 Å². The molecule has 0 aliphatic heterocycles. The van der Waals surface area contributed by atoms with E-state index in [1.165, 1.54) is 14.0 Å². The van der Waals surface area contributed by atoms with Crippen LogP contribution in [0.15, 0.2) is 5.16 Å². The Morgan fingerprint density at radius 3 is 2.67 bits per heavy atom. The van der Waals surface area contributed by atoms with Gasteiger partial charge in [-0.25, -0.2) is 4.98 Å². The number of aromatic nitrogens is 2. The minimum atomic E-state index is -1.16. The molecule has 15 heavy (non-hydrogen) atoms. The molecule has 1 aromatic rings. The fraction of sp³-hybridized carbons (Fsp3) is 0.375. The van der Waals surface area contributed by atoms with Crippen LogP contribution in [-0.2, 0) is 10.7 Å². The van der Waals surface area contributed by atoms with Gasteiger partial charge in [0.15, 0.2) is 0 Å². The minimum absolute atomic E-state index is 0.0340. The maximum Gasteiger partial charge on any atom is 0.311 e. The number of halogens is 3. The van der Waals surface area contributed by atoms with Gasteiger partial charge in [0, 0.05) is 0 Å². The molecule has 1 rings (SSSR count). The highest BCUT2D eigenvalue weighted by atomic mass is 35.5. The highest BCUT2D eigenvalue weighted by Gasteiger charge is 2.16. The van der Waals surface area contributed by atoms with Crippen molar-refractivity contribution < 1.29 is 13.6 Å². The summed E-state index contributed by atoms with van der Waals surface area (Å²) in [4.78, 5) is 10.8. The highest BCUT2D eigenvalue weighted by Crippen LogP contribution is 2.13. The quantitative estimate of drug-likeness (QED) is 0.264. The van der Waals surface area contributed by atoms with Gasteiger partial charge in [-0.2, -0.15) is 13.8 Å². The van der Waals surface area contributed by atoms with Crippen molar-refractivity contribution in [1.82, 2.24) is 9.97 Å². The normalized spacial score (nSPS) is 11.7. The molecular formula is C8H8ClF2N3O. The fourth-order valence-electron chi connectivity index (χ4n) is 1.09. The Balaban J connectivity index is 3.32. The van der Waals surface area contributed by atoms with Gasteiger partial charge in [0.2, 0.25) is 5.95 Å². The van der Waals surface area contributed by atoms with E-state index >= 15 is 0 Å². The van der Waals surface area contributed by atoms with Gasteiger partial charge < -0.3 is 4.84 Å². The Morgan fingerprint density at radius 1 is 1.47 bits per heavy atom. The summed E-state index contributed by atoms with van der Waals surface area (Å²) in [5, 5.41) is 3.51. The number of hydrogen-bond donors (Lipinski definition) is 0. The van der Waals surface area contributed by atoms with E-state index in [4.69, 9.17) is 11.6 Å². The van der Waals surface area contributed by atoms with Crippen molar-refractivity contribution >= 4 is 17.3 Å². The first-order valence-electron chi connectivity index (χ1n) is 3.96. The summed E-state index contributed by atoms with van der Waals surface area (Å²) in [6.07, 6.45) is -1.16. The van der Waals surface area contributed by atoms with Crippen LogP contribution >= 0.6 is 11.6 Å². The molecule has 0 aliphatic rings. The van der Waals surface area contributed by atoms with E-state index in [0.29, 0.717) is 0 Å².